The fraction of sp³-hybridized carbons (Fsp3) is 0.364. The molecule has 0 saturated carbocycles. The molecule has 0 fully saturated rings. The van der Waals surface area contributed by atoms with Gasteiger partial charge in [-0.25, -0.2) is 9.10 Å². The monoisotopic (exact) mass is 225 g/mol. The Kier molecular flexibility index (Phi) is 3.63. The Labute approximate surface area is 95.6 Å². The van der Waals surface area contributed by atoms with E-state index >= 15 is 0 Å². The standard InChI is InChI=1S/C11H15NO2S/c1-11(2,3)14-10(13)12(15)9-7-5-4-6-8-9/h4-8,15H,1-3H3. The van der Waals surface area contributed by atoms with Crippen molar-refractivity contribution in [3.63, 3.8) is 0 Å². The molecule has 1 amide bonds. The molecule has 0 saturated heterocycles. The van der Waals surface area contributed by atoms with Crippen LogP contribution in [0.15, 0.2) is 30.3 Å². The van der Waals surface area contributed by atoms with Gasteiger partial charge in [-0.15, -0.1) is 0 Å². The van der Waals surface area contributed by atoms with Crippen LogP contribution in [-0.2, 0) is 4.74 Å². The highest BCUT2D eigenvalue weighted by Gasteiger charge is 2.20. The molecule has 4 heteroatoms. The van der Waals surface area contributed by atoms with Gasteiger partial charge in [0.15, 0.2) is 0 Å². The Hall–Kier alpha value is -1.16. The van der Waals surface area contributed by atoms with Gasteiger partial charge in [0.1, 0.15) is 5.60 Å². The molecule has 0 aliphatic heterocycles. The lowest BCUT2D eigenvalue weighted by Crippen LogP contribution is -2.31. The molecule has 1 aromatic rings. The number of ether oxygens (including phenoxy) is 1. The van der Waals surface area contributed by atoms with Gasteiger partial charge in [0.25, 0.3) is 0 Å². The van der Waals surface area contributed by atoms with E-state index < -0.39 is 11.7 Å². The first-order chi connectivity index (χ1) is 6.90. The molecule has 0 spiro atoms. The topological polar surface area (TPSA) is 29.5 Å². The van der Waals surface area contributed by atoms with E-state index in [0.717, 1.165) is 0 Å². The van der Waals surface area contributed by atoms with Gasteiger partial charge in [0.05, 0.1) is 5.69 Å². The number of nitrogens with zero attached hydrogens (tertiary/aromatic N) is 1. The van der Waals surface area contributed by atoms with Crippen LogP contribution in [0, 0.1) is 0 Å². The van der Waals surface area contributed by atoms with Gasteiger partial charge in [-0.05, 0) is 32.9 Å². The van der Waals surface area contributed by atoms with Gasteiger partial charge in [-0.3, -0.25) is 0 Å². The average molecular weight is 225 g/mol. The van der Waals surface area contributed by atoms with E-state index in [-0.39, 0.29) is 0 Å². The van der Waals surface area contributed by atoms with Crippen molar-refractivity contribution in [2.24, 2.45) is 0 Å². The maximum atomic E-state index is 11.6. The fourth-order valence-electron chi connectivity index (χ4n) is 0.980. The van der Waals surface area contributed by atoms with Crippen LogP contribution in [-0.4, -0.2) is 11.7 Å². The third-order valence-corrected chi connectivity index (χ3v) is 1.96. The summed E-state index contributed by atoms with van der Waals surface area (Å²) < 4.78 is 6.35. The van der Waals surface area contributed by atoms with E-state index in [1.807, 2.05) is 39.0 Å². The summed E-state index contributed by atoms with van der Waals surface area (Å²) in [6.07, 6.45) is -0.475. The average Bonchev–Trinajstić information content (AvgIpc) is 2.15. The normalized spacial score (nSPS) is 10.9. The predicted octanol–water partition coefficient (Wildman–Crippen LogP) is 3.27. The summed E-state index contributed by atoms with van der Waals surface area (Å²) in [7, 11) is 0. The van der Waals surface area contributed by atoms with Crippen molar-refractivity contribution >= 4 is 24.6 Å². The molecule has 82 valence electrons. The van der Waals surface area contributed by atoms with Crippen LogP contribution in [0.2, 0.25) is 0 Å². The minimum absolute atomic E-state index is 0.475. The number of rotatable bonds is 1. The number of hydrogen-bond donors (Lipinski definition) is 1. The zero-order chi connectivity index (χ0) is 11.5. The highest BCUT2D eigenvalue weighted by Crippen LogP contribution is 2.19. The molecule has 0 N–H and O–H groups in total. The molecule has 1 rings (SSSR count). The molecule has 1 aromatic carbocycles. The van der Waals surface area contributed by atoms with Crippen LogP contribution in [0.25, 0.3) is 0 Å². The summed E-state index contributed by atoms with van der Waals surface area (Å²) in [6.45, 7) is 5.45. The van der Waals surface area contributed by atoms with Crippen molar-refractivity contribution in [3.8, 4) is 0 Å². The van der Waals surface area contributed by atoms with Crippen LogP contribution >= 0.6 is 12.8 Å². The molecule has 3 nitrogen and oxygen atoms in total. The first-order valence-electron chi connectivity index (χ1n) is 4.67. The van der Waals surface area contributed by atoms with Crippen LogP contribution in [0.4, 0.5) is 10.5 Å². The van der Waals surface area contributed by atoms with E-state index in [4.69, 9.17) is 4.74 Å². The number of para-hydroxylation sites is 1. The minimum Gasteiger partial charge on any atom is -0.443 e. The quantitative estimate of drug-likeness (QED) is 0.743. The zero-order valence-corrected chi connectivity index (χ0v) is 9.99. The van der Waals surface area contributed by atoms with Gasteiger partial charge in [0.2, 0.25) is 0 Å². The molecule has 0 aromatic heterocycles. The molecule has 0 radical (unpaired) electrons. The Morgan fingerprint density at radius 3 is 2.27 bits per heavy atom. The summed E-state index contributed by atoms with van der Waals surface area (Å²) in [6, 6.07) is 9.12. The van der Waals surface area contributed by atoms with Crippen molar-refractivity contribution in [2.45, 2.75) is 26.4 Å². The molecule has 15 heavy (non-hydrogen) atoms. The van der Waals surface area contributed by atoms with Gasteiger partial charge in [-0.1, -0.05) is 31.0 Å². The first kappa shape index (κ1) is 11.9. The van der Waals surface area contributed by atoms with Gasteiger partial charge < -0.3 is 4.74 Å². The zero-order valence-electron chi connectivity index (χ0n) is 9.10. The van der Waals surface area contributed by atoms with E-state index in [1.165, 1.54) is 4.31 Å². The van der Waals surface area contributed by atoms with Crippen molar-refractivity contribution in [3.05, 3.63) is 30.3 Å². The molecular weight excluding hydrogens is 210 g/mol. The third-order valence-electron chi connectivity index (χ3n) is 1.57. The first-order valence-corrected chi connectivity index (χ1v) is 5.07. The largest absolute Gasteiger partial charge is 0.443 e. The lowest BCUT2D eigenvalue weighted by atomic mass is 10.2. The second kappa shape index (κ2) is 4.57. The second-order valence-electron chi connectivity index (χ2n) is 4.13. The maximum Gasteiger partial charge on any atom is 0.424 e. The minimum atomic E-state index is -0.507. The molecule has 0 bridgehead atoms. The SMILES string of the molecule is CC(C)(C)OC(=O)N(S)c1ccccc1. The number of benzene rings is 1. The van der Waals surface area contributed by atoms with E-state index in [9.17, 15) is 4.79 Å². The summed E-state index contributed by atoms with van der Waals surface area (Å²) in [4.78, 5) is 11.6. The lowest BCUT2D eigenvalue weighted by Gasteiger charge is -2.23. The van der Waals surface area contributed by atoms with E-state index in [2.05, 4.69) is 12.8 Å². The second-order valence-corrected chi connectivity index (χ2v) is 4.53. The molecular formula is C11H15NO2S. The molecule has 0 aliphatic carbocycles. The number of anilines is 1. The van der Waals surface area contributed by atoms with Crippen molar-refractivity contribution in [1.29, 1.82) is 0 Å². The van der Waals surface area contributed by atoms with Gasteiger partial charge >= 0.3 is 6.09 Å². The van der Waals surface area contributed by atoms with Crippen molar-refractivity contribution in [1.82, 2.24) is 0 Å². The third kappa shape index (κ3) is 3.83. The number of hydrogen-bond acceptors (Lipinski definition) is 3. The van der Waals surface area contributed by atoms with E-state index in [1.54, 1.807) is 12.1 Å². The molecule has 0 atom stereocenters. The fourth-order valence-corrected chi connectivity index (χ4v) is 1.15. The van der Waals surface area contributed by atoms with Crippen LogP contribution < -0.4 is 4.31 Å². The number of carbonyl (C=O) groups is 1. The van der Waals surface area contributed by atoms with Crippen LogP contribution in [0.3, 0.4) is 0 Å². The molecule has 0 unspecified atom stereocenters. The summed E-state index contributed by atoms with van der Waals surface area (Å²) >= 11 is 4.09. The van der Waals surface area contributed by atoms with Crippen molar-refractivity contribution < 1.29 is 9.53 Å². The summed E-state index contributed by atoms with van der Waals surface area (Å²) in [5.41, 5.74) is 0.183. The predicted molar refractivity (Wildman–Crippen MR) is 64.1 cm³/mol. The van der Waals surface area contributed by atoms with E-state index in [0.29, 0.717) is 5.69 Å². The number of amides is 1. The van der Waals surface area contributed by atoms with Crippen LogP contribution in [0.5, 0.6) is 0 Å². The Morgan fingerprint density at radius 1 is 1.27 bits per heavy atom. The molecule has 0 heterocycles. The maximum absolute atomic E-state index is 11.6. The molecule has 0 aliphatic rings. The number of thiol groups is 1. The van der Waals surface area contributed by atoms with Crippen molar-refractivity contribution in [2.75, 3.05) is 4.31 Å². The highest BCUT2D eigenvalue weighted by atomic mass is 32.1. The van der Waals surface area contributed by atoms with Gasteiger partial charge in [0, 0.05) is 0 Å². The smallest absolute Gasteiger partial charge is 0.424 e. The van der Waals surface area contributed by atoms with Gasteiger partial charge in [-0.2, -0.15) is 0 Å². The Balaban J connectivity index is 2.70. The summed E-state index contributed by atoms with van der Waals surface area (Å²) in [5.74, 6) is 0. The lowest BCUT2D eigenvalue weighted by molar-refractivity contribution is 0.0612. The Bertz CT molecular complexity index is 332. The summed E-state index contributed by atoms with van der Waals surface area (Å²) in [5, 5.41) is 0. The Morgan fingerprint density at radius 2 is 1.80 bits per heavy atom. The number of carbonyl (C=O) groups excluding carboxylic acids is 1. The highest BCUT2D eigenvalue weighted by molar-refractivity contribution is 7.82. The van der Waals surface area contributed by atoms with Crippen LogP contribution in [0.1, 0.15) is 20.8 Å².